The molecule has 0 saturated carbocycles. The maximum absolute atomic E-state index is 11.3. The number of nitrogens with two attached hydrogens (primary N) is 1. The number of hydrogen-bond acceptors (Lipinski definition) is 6. The number of rotatable bonds is 3. The van der Waals surface area contributed by atoms with Gasteiger partial charge in [-0.2, -0.15) is 0 Å². The average Bonchev–Trinajstić information content (AvgIpc) is 2.54. The molecule has 2 aliphatic rings. The maximum atomic E-state index is 11.3. The molecule has 1 aromatic rings. The minimum absolute atomic E-state index is 0.00245. The minimum atomic E-state index is -0.192. The number of aromatic nitrogens is 2. The minimum Gasteiger partial charge on any atom is -0.369 e. The first-order chi connectivity index (χ1) is 11.0. The summed E-state index contributed by atoms with van der Waals surface area (Å²) in [6.07, 6.45) is 1.57. The number of primary amides is 1. The Morgan fingerprint density at radius 3 is 2.70 bits per heavy atom. The number of aryl methyl sites for hydroxylation is 1. The first-order valence-corrected chi connectivity index (χ1v) is 8.23. The zero-order chi connectivity index (χ0) is 16.4. The number of piperidine rings is 1. The zero-order valence-corrected chi connectivity index (χ0v) is 13.9. The van der Waals surface area contributed by atoms with E-state index in [1.807, 2.05) is 13.0 Å². The van der Waals surface area contributed by atoms with E-state index in [1.54, 1.807) is 0 Å². The fourth-order valence-corrected chi connectivity index (χ4v) is 3.25. The molecular formula is C16H25N5O2. The van der Waals surface area contributed by atoms with Crippen LogP contribution in [0.3, 0.4) is 0 Å². The molecular weight excluding hydrogens is 294 g/mol. The van der Waals surface area contributed by atoms with Crippen molar-refractivity contribution < 1.29 is 9.53 Å². The van der Waals surface area contributed by atoms with Gasteiger partial charge in [0, 0.05) is 38.2 Å². The van der Waals surface area contributed by atoms with Crippen molar-refractivity contribution in [1.82, 2.24) is 14.9 Å². The Hall–Kier alpha value is -1.73. The summed E-state index contributed by atoms with van der Waals surface area (Å²) in [6.45, 7) is 6.04. The third-order valence-electron chi connectivity index (χ3n) is 4.66. The molecule has 0 radical (unpaired) electrons. The van der Waals surface area contributed by atoms with Gasteiger partial charge in [0.2, 0.25) is 5.91 Å². The monoisotopic (exact) mass is 319 g/mol. The van der Waals surface area contributed by atoms with Crippen molar-refractivity contribution in [3.63, 3.8) is 0 Å². The van der Waals surface area contributed by atoms with Crippen LogP contribution in [0.4, 0.5) is 5.82 Å². The molecule has 0 aliphatic carbocycles. The summed E-state index contributed by atoms with van der Waals surface area (Å²) < 4.78 is 5.87. The molecule has 23 heavy (non-hydrogen) atoms. The van der Waals surface area contributed by atoms with Gasteiger partial charge in [0.05, 0.1) is 12.3 Å². The van der Waals surface area contributed by atoms with Crippen LogP contribution in [0, 0.1) is 12.8 Å². The highest BCUT2D eigenvalue weighted by Crippen LogP contribution is 2.26. The molecule has 126 valence electrons. The van der Waals surface area contributed by atoms with E-state index in [9.17, 15) is 4.79 Å². The van der Waals surface area contributed by atoms with E-state index >= 15 is 0 Å². The molecule has 2 aliphatic heterocycles. The topological polar surface area (TPSA) is 84.6 Å². The molecule has 0 aromatic carbocycles. The van der Waals surface area contributed by atoms with Crippen LogP contribution < -0.4 is 10.6 Å². The average molecular weight is 319 g/mol. The van der Waals surface area contributed by atoms with E-state index in [0.717, 1.165) is 63.0 Å². The molecule has 2 saturated heterocycles. The second-order valence-corrected chi connectivity index (χ2v) is 6.48. The second-order valence-electron chi connectivity index (χ2n) is 6.48. The Labute approximate surface area is 136 Å². The number of carbonyl (C=O) groups excluding carboxylic acids is 1. The molecule has 2 fully saturated rings. The van der Waals surface area contributed by atoms with Crippen LogP contribution in [0.5, 0.6) is 0 Å². The van der Waals surface area contributed by atoms with Crippen molar-refractivity contribution in [2.45, 2.75) is 25.9 Å². The van der Waals surface area contributed by atoms with E-state index in [4.69, 9.17) is 10.5 Å². The van der Waals surface area contributed by atoms with E-state index in [-0.39, 0.29) is 17.9 Å². The molecule has 7 heteroatoms. The molecule has 0 bridgehead atoms. The highest BCUT2D eigenvalue weighted by molar-refractivity contribution is 5.76. The van der Waals surface area contributed by atoms with Gasteiger partial charge in [-0.15, -0.1) is 0 Å². The van der Waals surface area contributed by atoms with Gasteiger partial charge in [0.15, 0.2) is 0 Å². The van der Waals surface area contributed by atoms with Crippen molar-refractivity contribution in [2.75, 3.05) is 44.7 Å². The van der Waals surface area contributed by atoms with Gasteiger partial charge in [-0.3, -0.25) is 4.79 Å². The lowest BCUT2D eigenvalue weighted by Crippen LogP contribution is -2.39. The second kappa shape index (κ2) is 6.80. The maximum Gasteiger partial charge on any atom is 0.220 e. The van der Waals surface area contributed by atoms with E-state index in [2.05, 4.69) is 26.8 Å². The number of carbonyl (C=O) groups is 1. The summed E-state index contributed by atoms with van der Waals surface area (Å²) in [7, 11) is 2.10. The molecule has 1 amide bonds. The van der Waals surface area contributed by atoms with Crippen molar-refractivity contribution in [2.24, 2.45) is 11.7 Å². The van der Waals surface area contributed by atoms with Crippen LogP contribution in [0.25, 0.3) is 0 Å². The van der Waals surface area contributed by atoms with Gasteiger partial charge >= 0.3 is 0 Å². The summed E-state index contributed by atoms with van der Waals surface area (Å²) in [5, 5.41) is 0. The summed E-state index contributed by atoms with van der Waals surface area (Å²) in [6, 6.07) is 2.03. The van der Waals surface area contributed by atoms with Gasteiger partial charge < -0.3 is 20.3 Å². The lowest BCUT2D eigenvalue weighted by Gasteiger charge is -2.33. The summed E-state index contributed by atoms with van der Waals surface area (Å²) in [5.74, 6) is 1.48. The van der Waals surface area contributed by atoms with Crippen LogP contribution in [0.1, 0.15) is 30.5 Å². The van der Waals surface area contributed by atoms with Crippen molar-refractivity contribution in [1.29, 1.82) is 0 Å². The van der Waals surface area contributed by atoms with Gasteiger partial charge in [-0.05, 0) is 26.8 Å². The third-order valence-corrected chi connectivity index (χ3v) is 4.66. The highest BCUT2D eigenvalue weighted by Gasteiger charge is 2.26. The van der Waals surface area contributed by atoms with Crippen molar-refractivity contribution in [3.05, 3.63) is 17.6 Å². The molecule has 0 spiro atoms. The molecule has 3 rings (SSSR count). The molecule has 1 atom stereocenters. The van der Waals surface area contributed by atoms with Gasteiger partial charge in [0.1, 0.15) is 17.7 Å². The summed E-state index contributed by atoms with van der Waals surface area (Å²) in [4.78, 5) is 24.9. The zero-order valence-electron chi connectivity index (χ0n) is 13.9. The van der Waals surface area contributed by atoms with E-state index in [0.29, 0.717) is 0 Å². The first kappa shape index (κ1) is 16.1. The highest BCUT2D eigenvalue weighted by atomic mass is 16.5. The fraction of sp³-hybridized carbons (Fsp3) is 0.688. The molecule has 2 N–H and O–H groups in total. The van der Waals surface area contributed by atoms with Crippen LogP contribution >= 0.6 is 0 Å². The van der Waals surface area contributed by atoms with Crippen molar-refractivity contribution in [3.8, 4) is 0 Å². The number of nitrogens with zero attached hydrogens (tertiary/aromatic N) is 4. The van der Waals surface area contributed by atoms with Crippen LogP contribution in [0.2, 0.25) is 0 Å². The Bertz CT molecular complexity index is 572. The number of likely N-dealkylation sites (N-methyl/N-ethyl adjacent to an activating group) is 1. The Balaban J connectivity index is 1.74. The fourth-order valence-electron chi connectivity index (χ4n) is 3.25. The van der Waals surface area contributed by atoms with Gasteiger partial charge in [0.25, 0.3) is 0 Å². The molecule has 0 unspecified atom stereocenters. The van der Waals surface area contributed by atoms with Crippen LogP contribution in [0.15, 0.2) is 6.07 Å². The Kier molecular flexibility index (Phi) is 4.77. The van der Waals surface area contributed by atoms with Crippen molar-refractivity contribution >= 4 is 11.7 Å². The third kappa shape index (κ3) is 3.79. The van der Waals surface area contributed by atoms with Crippen LogP contribution in [-0.4, -0.2) is 60.6 Å². The predicted octanol–water partition coefficient (Wildman–Crippen LogP) is 0.490. The SMILES string of the molecule is Cc1nc([C@@H]2CN(C)CCO2)cc(N2CCC(C(N)=O)CC2)n1. The number of morpholine rings is 1. The summed E-state index contributed by atoms with van der Waals surface area (Å²) >= 11 is 0. The smallest absolute Gasteiger partial charge is 0.220 e. The number of amides is 1. The standard InChI is InChI=1S/C16H25N5O2/c1-11-18-13(14-10-20(2)7-8-23-14)9-15(19-11)21-5-3-12(4-6-21)16(17)22/h9,12,14H,3-8,10H2,1-2H3,(H2,17,22)/t14-/m0/s1. The predicted molar refractivity (Wildman–Crippen MR) is 87.1 cm³/mol. The molecule has 7 nitrogen and oxygen atoms in total. The molecule has 3 heterocycles. The molecule has 1 aromatic heterocycles. The Morgan fingerprint density at radius 1 is 1.30 bits per heavy atom. The van der Waals surface area contributed by atoms with Gasteiger partial charge in [-0.25, -0.2) is 9.97 Å². The first-order valence-electron chi connectivity index (χ1n) is 8.23. The van der Waals surface area contributed by atoms with E-state index in [1.165, 1.54) is 0 Å². The largest absolute Gasteiger partial charge is 0.369 e. The van der Waals surface area contributed by atoms with Gasteiger partial charge in [-0.1, -0.05) is 0 Å². The van der Waals surface area contributed by atoms with E-state index < -0.39 is 0 Å². The van der Waals surface area contributed by atoms with Crippen LogP contribution in [-0.2, 0) is 9.53 Å². The number of anilines is 1. The number of ether oxygens (including phenoxy) is 1. The summed E-state index contributed by atoms with van der Waals surface area (Å²) in [5.41, 5.74) is 6.35. The lowest BCUT2D eigenvalue weighted by molar-refractivity contribution is -0.122. The normalized spacial score (nSPS) is 23.9. The number of hydrogen-bond donors (Lipinski definition) is 1. The quantitative estimate of drug-likeness (QED) is 0.873. The lowest BCUT2D eigenvalue weighted by atomic mass is 9.96. The Morgan fingerprint density at radius 2 is 2.04 bits per heavy atom.